The predicted molar refractivity (Wildman–Crippen MR) is 61.3 cm³/mol. The highest BCUT2D eigenvalue weighted by Gasteiger charge is 2.18. The third kappa shape index (κ3) is 1.62. The van der Waals surface area contributed by atoms with Crippen LogP contribution in [-0.4, -0.2) is 23.1 Å². The SMILES string of the molecule is Clc1cnc2cc(C3CCNC3)[nH]c2c1. The summed E-state index contributed by atoms with van der Waals surface area (Å²) in [4.78, 5) is 7.68. The predicted octanol–water partition coefficient (Wildman–Crippen LogP) is 2.29. The molecule has 3 nitrogen and oxygen atoms in total. The molecule has 0 aliphatic carbocycles. The molecule has 0 bridgehead atoms. The first-order valence-corrected chi connectivity index (χ1v) is 5.55. The van der Waals surface area contributed by atoms with Gasteiger partial charge in [-0.05, 0) is 25.1 Å². The average molecular weight is 222 g/mol. The molecule has 4 heteroatoms. The molecule has 2 aromatic rings. The van der Waals surface area contributed by atoms with E-state index in [0.29, 0.717) is 10.9 Å². The van der Waals surface area contributed by atoms with E-state index < -0.39 is 0 Å². The maximum Gasteiger partial charge on any atom is 0.0882 e. The van der Waals surface area contributed by atoms with Crippen LogP contribution < -0.4 is 5.32 Å². The van der Waals surface area contributed by atoms with Gasteiger partial charge in [0.1, 0.15) is 0 Å². The number of hydrogen-bond acceptors (Lipinski definition) is 2. The number of rotatable bonds is 1. The summed E-state index contributed by atoms with van der Waals surface area (Å²) in [5.74, 6) is 0.595. The van der Waals surface area contributed by atoms with Crippen molar-refractivity contribution in [2.24, 2.45) is 0 Å². The van der Waals surface area contributed by atoms with Crippen molar-refractivity contribution in [3.63, 3.8) is 0 Å². The second-order valence-corrected chi connectivity index (χ2v) is 4.44. The van der Waals surface area contributed by atoms with Crippen LogP contribution in [-0.2, 0) is 0 Å². The number of aromatic nitrogens is 2. The molecule has 1 aliphatic heterocycles. The largest absolute Gasteiger partial charge is 0.357 e. The highest BCUT2D eigenvalue weighted by Crippen LogP contribution is 2.25. The number of aromatic amines is 1. The number of nitrogens with one attached hydrogen (secondary N) is 2. The highest BCUT2D eigenvalue weighted by atomic mass is 35.5. The van der Waals surface area contributed by atoms with Gasteiger partial charge < -0.3 is 10.3 Å². The van der Waals surface area contributed by atoms with Crippen LogP contribution in [0.25, 0.3) is 11.0 Å². The van der Waals surface area contributed by atoms with Crippen molar-refractivity contribution in [2.75, 3.05) is 13.1 Å². The number of H-pyrrole nitrogens is 1. The lowest BCUT2D eigenvalue weighted by atomic mass is 10.1. The third-order valence-electron chi connectivity index (χ3n) is 2.96. The van der Waals surface area contributed by atoms with E-state index in [1.165, 1.54) is 12.1 Å². The number of hydrogen-bond donors (Lipinski definition) is 2. The Balaban J connectivity index is 2.05. The second-order valence-electron chi connectivity index (χ2n) is 4.00. The van der Waals surface area contributed by atoms with Gasteiger partial charge in [-0.3, -0.25) is 4.98 Å². The Bertz CT molecular complexity index is 486. The molecule has 3 rings (SSSR count). The summed E-state index contributed by atoms with van der Waals surface area (Å²) in [5.41, 5.74) is 3.30. The van der Waals surface area contributed by atoms with Crippen LogP contribution in [0.15, 0.2) is 18.3 Å². The first kappa shape index (κ1) is 9.19. The molecule has 2 N–H and O–H groups in total. The van der Waals surface area contributed by atoms with E-state index in [9.17, 15) is 0 Å². The van der Waals surface area contributed by atoms with E-state index in [4.69, 9.17) is 11.6 Å². The van der Waals surface area contributed by atoms with Gasteiger partial charge in [0, 0.05) is 24.4 Å². The molecule has 78 valence electrons. The fraction of sp³-hybridized carbons (Fsp3) is 0.364. The average Bonchev–Trinajstić information content (AvgIpc) is 2.84. The van der Waals surface area contributed by atoms with Gasteiger partial charge in [0.25, 0.3) is 0 Å². The van der Waals surface area contributed by atoms with Gasteiger partial charge in [-0.15, -0.1) is 0 Å². The lowest BCUT2D eigenvalue weighted by molar-refractivity contribution is 0.743. The first-order valence-electron chi connectivity index (χ1n) is 5.18. The lowest BCUT2D eigenvalue weighted by Crippen LogP contribution is -2.07. The van der Waals surface area contributed by atoms with E-state index in [2.05, 4.69) is 21.4 Å². The first-order chi connectivity index (χ1) is 7.33. The Kier molecular flexibility index (Phi) is 2.15. The summed E-state index contributed by atoms with van der Waals surface area (Å²) < 4.78 is 0. The molecule has 0 spiro atoms. The van der Waals surface area contributed by atoms with Gasteiger partial charge in [-0.2, -0.15) is 0 Å². The second kappa shape index (κ2) is 3.51. The molecular weight excluding hydrogens is 210 g/mol. The van der Waals surface area contributed by atoms with Gasteiger partial charge >= 0.3 is 0 Å². The quantitative estimate of drug-likeness (QED) is 0.776. The molecule has 1 aliphatic rings. The maximum atomic E-state index is 5.89. The standard InChI is InChI=1S/C11H12ClN3/c12-8-3-11-10(14-6-8)4-9(15-11)7-1-2-13-5-7/h3-4,6-7,13,15H,1-2,5H2. The molecule has 15 heavy (non-hydrogen) atoms. The van der Waals surface area contributed by atoms with E-state index in [-0.39, 0.29) is 0 Å². The zero-order valence-electron chi connectivity index (χ0n) is 8.26. The molecular formula is C11H12ClN3. The van der Waals surface area contributed by atoms with Crippen molar-refractivity contribution >= 4 is 22.6 Å². The molecule has 1 unspecified atom stereocenters. The Hall–Kier alpha value is -1.06. The van der Waals surface area contributed by atoms with Crippen molar-refractivity contribution in [1.29, 1.82) is 0 Å². The number of halogens is 1. The third-order valence-corrected chi connectivity index (χ3v) is 3.16. The molecule has 0 aromatic carbocycles. The smallest absolute Gasteiger partial charge is 0.0882 e. The molecule has 0 saturated carbocycles. The molecule has 3 heterocycles. The van der Waals surface area contributed by atoms with Crippen LogP contribution in [0.2, 0.25) is 5.02 Å². The van der Waals surface area contributed by atoms with E-state index in [0.717, 1.165) is 24.1 Å². The molecule has 1 atom stereocenters. The minimum absolute atomic E-state index is 0.595. The minimum Gasteiger partial charge on any atom is -0.357 e. The molecule has 1 saturated heterocycles. The van der Waals surface area contributed by atoms with Gasteiger partial charge in [-0.25, -0.2) is 0 Å². The summed E-state index contributed by atoms with van der Waals surface area (Å²) >= 11 is 5.89. The summed E-state index contributed by atoms with van der Waals surface area (Å²) in [5, 5.41) is 4.04. The van der Waals surface area contributed by atoms with Crippen molar-refractivity contribution in [3.05, 3.63) is 29.0 Å². The van der Waals surface area contributed by atoms with E-state index >= 15 is 0 Å². The van der Waals surface area contributed by atoms with Crippen LogP contribution in [0, 0.1) is 0 Å². The zero-order valence-corrected chi connectivity index (χ0v) is 9.01. The van der Waals surface area contributed by atoms with Gasteiger partial charge in [-0.1, -0.05) is 11.6 Å². The Morgan fingerprint density at radius 3 is 3.13 bits per heavy atom. The van der Waals surface area contributed by atoms with Gasteiger partial charge in [0.2, 0.25) is 0 Å². The molecule has 0 amide bonds. The van der Waals surface area contributed by atoms with Crippen LogP contribution in [0.4, 0.5) is 0 Å². The van der Waals surface area contributed by atoms with Crippen LogP contribution >= 0.6 is 11.6 Å². The summed E-state index contributed by atoms with van der Waals surface area (Å²) in [6.07, 6.45) is 2.88. The van der Waals surface area contributed by atoms with Crippen molar-refractivity contribution < 1.29 is 0 Å². The van der Waals surface area contributed by atoms with E-state index in [1.807, 2.05) is 6.07 Å². The molecule has 0 radical (unpaired) electrons. The zero-order chi connectivity index (χ0) is 10.3. The number of nitrogens with zero attached hydrogens (tertiary/aromatic N) is 1. The van der Waals surface area contributed by atoms with E-state index in [1.54, 1.807) is 6.20 Å². The van der Waals surface area contributed by atoms with Crippen molar-refractivity contribution in [3.8, 4) is 0 Å². The fourth-order valence-corrected chi connectivity index (χ4v) is 2.30. The topological polar surface area (TPSA) is 40.7 Å². The Morgan fingerprint density at radius 2 is 2.33 bits per heavy atom. The monoisotopic (exact) mass is 221 g/mol. The lowest BCUT2D eigenvalue weighted by Gasteiger charge is -2.03. The van der Waals surface area contributed by atoms with Crippen LogP contribution in [0.5, 0.6) is 0 Å². The van der Waals surface area contributed by atoms with Gasteiger partial charge in [0.05, 0.1) is 16.1 Å². The van der Waals surface area contributed by atoms with Crippen molar-refractivity contribution in [1.82, 2.24) is 15.3 Å². The summed E-state index contributed by atoms with van der Waals surface area (Å²) in [6, 6.07) is 4.05. The summed E-state index contributed by atoms with van der Waals surface area (Å²) in [6.45, 7) is 2.16. The number of fused-ring (bicyclic) bond motifs is 1. The molecule has 2 aromatic heterocycles. The van der Waals surface area contributed by atoms with Crippen LogP contribution in [0.1, 0.15) is 18.0 Å². The fourth-order valence-electron chi connectivity index (χ4n) is 2.14. The Labute approximate surface area is 92.8 Å². The minimum atomic E-state index is 0.595. The Morgan fingerprint density at radius 1 is 1.40 bits per heavy atom. The summed E-state index contributed by atoms with van der Waals surface area (Å²) in [7, 11) is 0. The maximum absolute atomic E-state index is 5.89. The van der Waals surface area contributed by atoms with Crippen LogP contribution in [0.3, 0.4) is 0 Å². The highest BCUT2D eigenvalue weighted by molar-refractivity contribution is 6.31. The van der Waals surface area contributed by atoms with Crippen molar-refractivity contribution in [2.45, 2.75) is 12.3 Å². The number of pyridine rings is 1. The molecule has 1 fully saturated rings. The van der Waals surface area contributed by atoms with Gasteiger partial charge in [0.15, 0.2) is 0 Å². The normalized spacial score (nSPS) is 21.3.